The van der Waals surface area contributed by atoms with Gasteiger partial charge < -0.3 is 9.73 Å². The average molecular weight is 228 g/mol. The van der Waals surface area contributed by atoms with Crippen LogP contribution < -0.4 is 5.32 Å². The molecule has 0 atom stereocenters. The largest absolute Gasteiger partial charge is 0.453 e. The van der Waals surface area contributed by atoms with E-state index in [0.717, 1.165) is 12.1 Å². The van der Waals surface area contributed by atoms with Crippen molar-refractivity contribution >= 4 is 11.6 Å². The molecular formula is C12H18ClNO. The van der Waals surface area contributed by atoms with E-state index in [1.807, 2.05) is 6.07 Å². The normalized spacial score (nSPS) is 19.0. The molecule has 2 rings (SSSR count). The summed E-state index contributed by atoms with van der Waals surface area (Å²) in [6.07, 6.45) is 9.75. The lowest BCUT2D eigenvalue weighted by atomic mass is 10.1. The summed E-state index contributed by atoms with van der Waals surface area (Å²) in [7, 11) is 0. The van der Waals surface area contributed by atoms with Gasteiger partial charge in [-0.05, 0) is 30.5 Å². The Morgan fingerprint density at radius 2 is 2.00 bits per heavy atom. The van der Waals surface area contributed by atoms with Gasteiger partial charge in [0.15, 0.2) is 5.22 Å². The quantitative estimate of drug-likeness (QED) is 0.796. The fourth-order valence-corrected chi connectivity index (χ4v) is 2.36. The summed E-state index contributed by atoms with van der Waals surface area (Å²) in [6, 6.07) is 2.60. The Labute approximate surface area is 96.0 Å². The summed E-state index contributed by atoms with van der Waals surface area (Å²) in [4.78, 5) is 0. The summed E-state index contributed by atoms with van der Waals surface area (Å²) in [5, 5.41) is 4.08. The SMILES string of the molecule is Clc1occc1CNC1CCCCCC1. The lowest BCUT2D eigenvalue weighted by molar-refractivity contribution is 0.457. The van der Waals surface area contributed by atoms with E-state index in [-0.39, 0.29) is 0 Å². The first kappa shape index (κ1) is 11.0. The highest BCUT2D eigenvalue weighted by Crippen LogP contribution is 2.20. The number of rotatable bonds is 3. The second-order valence-electron chi connectivity index (χ2n) is 4.29. The maximum absolute atomic E-state index is 5.88. The molecular weight excluding hydrogens is 210 g/mol. The second-order valence-corrected chi connectivity index (χ2v) is 4.63. The van der Waals surface area contributed by atoms with Gasteiger partial charge in [0, 0.05) is 18.2 Å². The summed E-state index contributed by atoms with van der Waals surface area (Å²) < 4.78 is 5.05. The minimum Gasteiger partial charge on any atom is -0.453 e. The third-order valence-electron chi connectivity index (χ3n) is 3.13. The van der Waals surface area contributed by atoms with Crippen molar-refractivity contribution in [2.45, 2.75) is 51.1 Å². The van der Waals surface area contributed by atoms with Crippen molar-refractivity contribution in [3.05, 3.63) is 23.1 Å². The highest BCUT2D eigenvalue weighted by atomic mass is 35.5. The monoisotopic (exact) mass is 227 g/mol. The fraction of sp³-hybridized carbons (Fsp3) is 0.667. The van der Waals surface area contributed by atoms with Gasteiger partial charge in [0.05, 0.1) is 6.26 Å². The average Bonchev–Trinajstić information content (AvgIpc) is 2.53. The molecule has 1 fully saturated rings. The summed E-state index contributed by atoms with van der Waals surface area (Å²) >= 11 is 5.88. The van der Waals surface area contributed by atoms with E-state index in [4.69, 9.17) is 16.0 Å². The molecule has 1 aromatic heterocycles. The number of nitrogens with one attached hydrogen (secondary N) is 1. The minimum absolute atomic E-state index is 0.524. The molecule has 0 saturated heterocycles. The molecule has 0 aromatic carbocycles. The van der Waals surface area contributed by atoms with Crippen molar-refractivity contribution in [3.63, 3.8) is 0 Å². The predicted octanol–water partition coefficient (Wildman–Crippen LogP) is 3.75. The first-order valence-corrected chi connectivity index (χ1v) is 6.19. The highest BCUT2D eigenvalue weighted by molar-refractivity contribution is 6.29. The number of furan rings is 1. The second kappa shape index (κ2) is 5.57. The van der Waals surface area contributed by atoms with Crippen LogP contribution in [0.5, 0.6) is 0 Å². The molecule has 1 heterocycles. The van der Waals surface area contributed by atoms with Crippen LogP contribution in [-0.2, 0) is 6.54 Å². The molecule has 84 valence electrons. The van der Waals surface area contributed by atoms with E-state index in [9.17, 15) is 0 Å². The van der Waals surface area contributed by atoms with Crippen LogP contribution in [0.1, 0.15) is 44.1 Å². The van der Waals surface area contributed by atoms with Gasteiger partial charge in [0.1, 0.15) is 0 Å². The maximum Gasteiger partial charge on any atom is 0.197 e. The van der Waals surface area contributed by atoms with Crippen molar-refractivity contribution < 1.29 is 4.42 Å². The Bertz CT molecular complexity index is 290. The first-order valence-electron chi connectivity index (χ1n) is 5.81. The zero-order chi connectivity index (χ0) is 10.5. The van der Waals surface area contributed by atoms with Crippen molar-refractivity contribution in [1.29, 1.82) is 0 Å². The first-order chi connectivity index (χ1) is 7.36. The summed E-state index contributed by atoms with van der Waals surface area (Å²) in [6.45, 7) is 0.833. The molecule has 1 N–H and O–H groups in total. The third kappa shape index (κ3) is 3.25. The van der Waals surface area contributed by atoms with Crippen LogP contribution in [0.15, 0.2) is 16.7 Å². The summed E-state index contributed by atoms with van der Waals surface area (Å²) in [5.41, 5.74) is 1.07. The standard InChI is InChI=1S/C12H18ClNO/c13-12-10(7-8-15-12)9-14-11-5-3-1-2-4-6-11/h7-8,11,14H,1-6,9H2. The van der Waals surface area contributed by atoms with Crippen LogP contribution >= 0.6 is 11.6 Å². The van der Waals surface area contributed by atoms with E-state index >= 15 is 0 Å². The third-order valence-corrected chi connectivity index (χ3v) is 3.46. The number of hydrogen-bond acceptors (Lipinski definition) is 2. The Kier molecular flexibility index (Phi) is 4.09. The fourth-order valence-electron chi connectivity index (χ4n) is 2.18. The molecule has 0 bridgehead atoms. The highest BCUT2D eigenvalue weighted by Gasteiger charge is 2.12. The minimum atomic E-state index is 0.524. The van der Waals surface area contributed by atoms with Gasteiger partial charge >= 0.3 is 0 Å². The van der Waals surface area contributed by atoms with Crippen LogP contribution in [-0.4, -0.2) is 6.04 Å². The van der Waals surface area contributed by atoms with Crippen molar-refractivity contribution in [1.82, 2.24) is 5.32 Å². The topological polar surface area (TPSA) is 25.2 Å². The van der Waals surface area contributed by atoms with Gasteiger partial charge in [0.25, 0.3) is 0 Å². The molecule has 2 nitrogen and oxygen atoms in total. The van der Waals surface area contributed by atoms with Crippen molar-refractivity contribution in [2.24, 2.45) is 0 Å². The van der Waals surface area contributed by atoms with Gasteiger partial charge in [-0.25, -0.2) is 0 Å². The lowest BCUT2D eigenvalue weighted by Crippen LogP contribution is -2.27. The van der Waals surface area contributed by atoms with E-state index in [2.05, 4.69) is 5.32 Å². The Morgan fingerprint density at radius 3 is 2.60 bits per heavy atom. The molecule has 1 saturated carbocycles. The molecule has 0 radical (unpaired) electrons. The van der Waals surface area contributed by atoms with Gasteiger partial charge in [0.2, 0.25) is 0 Å². The van der Waals surface area contributed by atoms with Crippen LogP contribution in [0.4, 0.5) is 0 Å². The molecule has 0 aliphatic heterocycles. The van der Waals surface area contributed by atoms with E-state index in [0.29, 0.717) is 11.3 Å². The number of halogens is 1. The van der Waals surface area contributed by atoms with Gasteiger partial charge in [-0.15, -0.1) is 0 Å². The molecule has 1 aromatic rings. The zero-order valence-corrected chi connectivity index (χ0v) is 9.72. The Balaban J connectivity index is 1.79. The summed E-state index contributed by atoms with van der Waals surface area (Å²) in [5.74, 6) is 0. The van der Waals surface area contributed by atoms with Crippen molar-refractivity contribution in [3.8, 4) is 0 Å². The lowest BCUT2D eigenvalue weighted by Gasteiger charge is -2.15. The van der Waals surface area contributed by atoms with E-state index in [1.54, 1.807) is 6.26 Å². The van der Waals surface area contributed by atoms with Crippen LogP contribution in [0, 0.1) is 0 Å². The molecule has 1 aliphatic carbocycles. The van der Waals surface area contributed by atoms with Gasteiger partial charge in [-0.3, -0.25) is 0 Å². The molecule has 15 heavy (non-hydrogen) atoms. The van der Waals surface area contributed by atoms with Crippen LogP contribution in [0.3, 0.4) is 0 Å². The van der Waals surface area contributed by atoms with Gasteiger partial charge in [-0.2, -0.15) is 0 Å². The van der Waals surface area contributed by atoms with E-state index < -0.39 is 0 Å². The molecule has 1 aliphatic rings. The smallest absolute Gasteiger partial charge is 0.197 e. The Morgan fingerprint density at radius 1 is 1.27 bits per heavy atom. The van der Waals surface area contributed by atoms with Crippen LogP contribution in [0.2, 0.25) is 5.22 Å². The maximum atomic E-state index is 5.88. The molecule has 0 unspecified atom stereocenters. The molecule has 0 spiro atoms. The Hall–Kier alpha value is -0.470. The van der Waals surface area contributed by atoms with E-state index in [1.165, 1.54) is 38.5 Å². The number of hydrogen-bond donors (Lipinski definition) is 1. The predicted molar refractivity (Wildman–Crippen MR) is 62.0 cm³/mol. The van der Waals surface area contributed by atoms with Crippen molar-refractivity contribution in [2.75, 3.05) is 0 Å². The molecule has 0 amide bonds. The zero-order valence-electron chi connectivity index (χ0n) is 8.97. The van der Waals surface area contributed by atoms with Gasteiger partial charge in [-0.1, -0.05) is 25.7 Å². The molecule has 3 heteroatoms. The van der Waals surface area contributed by atoms with Crippen LogP contribution in [0.25, 0.3) is 0 Å².